The standard InChI is InChI=1S/C12H14N2O3/c1-12(2)11(15)14(3)8-5-10-9(16-6-17-10)4-7(8)13-12/h4-5,13H,6H2,1-3H3. The van der Waals surface area contributed by atoms with E-state index in [4.69, 9.17) is 9.47 Å². The normalized spacial score (nSPS) is 19.9. The van der Waals surface area contributed by atoms with Gasteiger partial charge < -0.3 is 19.7 Å². The van der Waals surface area contributed by atoms with Gasteiger partial charge in [-0.3, -0.25) is 4.79 Å². The average Bonchev–Trinajstić information content (AvgIpc) is 2.71. The second-order valence-corrected chi connectivity index (χ2v) is 4.84. The first-order valence-corrected chi connectivity index (χ1v) is 5.49. The molecule has 0 fully saturated rings. The van der Waals surface area contributed by atoms with Crippen LogP contribution in [-0.4, -0.2) is 25.3 Å². The molecule has 0 unspecified atom stereocenters. The maximum absolute atomic E-state index is 12.1. The summed E-state index contributed by atoms with van der Waals surface area (Å²) in [7, 11) is 1.77. The van der Waals surface area contributed by atoms with E-state index in [2.05, 4.69) is 5.32 Å². The molecule has 0 radical (unpaired) electrons. The van der Waals surface area contributed by atoms with Crippen molar-refractivity contribution in [2.24, 2.45) is 0 Å². The number of hydrogen-bond donors (Lipinski definition) is 1. The van der Waals surface area contributed by atoms with Gasteiger partial charge in [-0.05, 0) is 13.8 Å². The smallest absolute Gasteiger partial charge is 0.251 e. The van der Waals surface area contributed by atoms with Crippen LogP contribution in [0.1, 0.15) is 13.8 Å². The summed E-state index contributed by atoms with van der Waals surface area (Å²) in [4.78, 5) is 13.7. The van der Waals surface area contributed by atoms with Gasteiger partial charge in [-0.25, -0.2) is 0 Å². The van der Waals surface area contributed by atoms with Crippen molar-refractivity contribution in [2.45, 2.75) is 19.4 Å². The van der Waals surface area contributed by atoms with Crippen LogP contribution in [0.15, 0.2) is 12.1 Å². The third-order valence-corrected chi connectivity index (χ3v) is 3.14. The first-order chi connectivity index (χ1) is 7.99. The Morgan fingerprint density at radius 2 is 1.94 bits per heavy atom. The molecule has 5 heteroatoms. The summed E-state index contributed by atoms with van der Waals surface area (Å²) >= 11 is 0. The summed E-state index contributed by atoms with van der Waals surface area (Å²) < 4.78 is 10.6. The highest BCUT2D eigenvalue weighted by molar-refractivity contribution is 6.07. The first-order valence-electron chi connectivity index (χ1n) is 5.49. The van der Waals surface area contributed by atoms with Crippen LogP contribution >= 0.6 is 0 Å². The van der Waals surface area contributed by atoms with Gasteiger partial charge in [0.15, 0.2) is 11.5 Å². The Morgan fingerprint density at radius 3 is 2.65 bits per heavy atom. The highest BCUT2D eigenvalue weighted by atomic mass is 16.7. The van der Waals surface area contributed by atoms with E-state index in [9.17, 15) is 4.79 Å². The molecule has 2 aliphatic heterocycles. The Morgan fingerprint density at radius 1 is 1.29 bits per heavy atom. The van der Waals surface area contributed by atoms with Crippen molar-refractivity contribution in [3.8, 4) is 11.5 Å². The van der Waals surface area contributed by atoms with Crippen LogP contribution in [0.4, 0.5) is 11.4 Å². The maximum atomic E-state index is 12.1. The molecule has 5 nitrogen and oxygen atoms in total. The minimum absolute atomic E-state index is 0.0314. The Balaban J connectivity index is 2.15. The molecule has 0 bridgehead atoms. The monoisotopic (exact) mass is 234 g/mol. The lowest BCUT2D eigenvalue weighted by Gasteiger charge is -2.38. The van der Waals surface area contributed by atoms with Crippen molar-refractivity contribution in [2.75, 3.05) is 24.1 Å². The van der Waals surface area contributed by atoms with Crippen molar-refractivity contribution in [1.82, 2.24) is 0 Å². The average molecular weight is 234 g/mol. The molecule has 1 aromatic rings. The number of nitrogens with zero attached hydrogens (tertiary/aromatic N) is 1. The van der Waals surface area contributed by atoms with E-state index in [1.54, 1.807) is 11.9 Å². The fraction of sp³-hybridized carbons (Fsp3) is 0.417. The van der Waals surface area contributed by atoms with Gasteiger partial charge in [-0.15, -0.1) is 0 Å². The fourth-order valence-corrected chi connectivity index (χ4v) is 2.23. The van der Waals surface area contributed by atoms with Gasteiger partial charge in [-0.1, -0.05) is 0 Å². The van der Waals surface area contributed by atoms with Crippen molar-refractivity contribution in [1.29, 1.82) is 0 Å². The Kier molecular flexibility index (Phi) is 1.85. The quantitative estimate of drug-likeness (QED) is 0.740. The lowest BCUT2D eigenvalue weighted by molar-refractivity contribution is -0.121. The molecule has 90 valence electrons. The summed E-state index contributed by atoms with van der Waals surface area (Å²) in [6, 6.07) is 3.71. The summed E-state index contributed by atoms with van der Waals surface area (Å²) in [5.41, 5.74) is 1.11. The number of fused-ring (bicyclic) bond motifs is 2. The number of benzene rings is 1. The fourth-order valence-electron chi connectivity index (χ4n) is 2.23. The molecule has 0 aromatic heterocycles. The molecule has 0 spiro atoms. The van der Waals surface area contributed by atoms with E-state index >= 15 is 0 Å². The molecule has 17 heavy (non-hydrogen) atoms. The van der Waals surface area contributed by atoms with Crippen molar-refractivity contribution < 1.29 is 14.3 Å². The molecule has 1 aromatic carbocycles. The number of carbonyl (C=O) groups is 1. The van der Waals surface area contributed by atoms with E-state index in [1.165, 1.54) is 0 Å². The van der Waals surface area contributed by atoms with E-state index in [0.29, 0.717) is 5.75 Å². The predicted octanol–water partition coefficient (Wildman–Crippen LogP) is 1.58. The van der Waals surface area contributed by atoms with Crippen LogP contribution in [0, 0.1) is 0 Å². The molecule has 1 N–H and O–H groups in total. The van der Waals surface area contributed by atoms with E-state index in [1.807, 2.05) is 26.0 Å². The van der Waals surface area contributed by atoms with E-state index in [0.717, 1.165) is 17.1 Å². The van der Waals surface area contributed by atoms with Gasteiger partial charge in [0.25, 0.3) is 5.91 Å². The van der Waals surface area contributed by atoms with Crippen molar-refractivity contribution in [3.05, 3.63) is 12.1 Å². The van der Waals surface area contributed by atoms with Crippen LogP contribution in [0.3, 0.4) is 0 Å². The van der Waals surface area contributed by atoms with Crippen molar-refractivity contribution >= 4 is 17.3 Å². The number of ether oxygens (including phenoxy) is 2. The Labute approximate surface area is 99.3 Å². The minimum Gasteiger partial charge on any atom is -0.454 e. The molecule has 3 rings (SSSR count). The van der Waals surface area contributed by atoms with Crippen LogP contribution in [0.2, 0.25) is 0 Å². The first kappa shape index (κ1) is 10.3. The highest BCUT2D eigenvalue weighted by Gasteiger charge is 2.37. The predicted molar refractivity (Wildman–Crippen MR) is 63.7 cm³/mol. The van der Waals surface area contributed by atoms with Gasteiger partial charge in [0, 0.05) is 19.2 Å². The second kappa shape index (κ2) is 3.06. The number of carbonyl (C=O) groups excluding carboxylic acids is 1. The molecule has 0 atom stereocenters. The van der Waals surface area contributed by atoms with Crippen LogP contribution in [-0.2, 0) is 4.79 Å². The molecule has 2 heterocycles. The number of likely N-dealkylation sites (N-methyl/N-ethyl adjacent to an activating group) is 1. The minimum atomic E-state index is -0.602. The lowest BCUT2D eigenvalue weighted by Crippen LogP contribution is -2.52. The zero-order valence-electron chi connectivity index (χ0n) is 10.0. The number of rotatable bonds is 0. The zero-order chi connectivity index (χ0) is 12.2. The van der Waals surface area contributed by atoms with E-state index < -0.39 is 5.54 Å². The molecule has 0 saturated carbocycles. The molecule has 2 aliphatic rings. The molecule has 1 amide bonds. The highest BCUT2D eigenvalue weighted by Crippen LogP contribution is 2.44. The number of nitrogens with one attached hydrogen (secondary N) is 1. The van der Waals surface area contributed by atoms with Crippen molar-refractivity contribution in [3.63, 3.8) is 0 Å². The maximum Gasteiger partial charge on any atom is 0.251 e. The number of anilines is 2. The number of amides is 1. The van der Waals surface area contributed by atoms with Gasteiger partial charge in [0.1, 0.15) is 5.54 Å². The third-order valence-electron chi connectivity index (χ3n) is 3.14. The number of hydrogen-bond acceptors (Lipinski definition) is 4. The Bertz CT molecular complexity index is 511. The SMILES string of the molecule is CN1C(=O)C(C)(C)Nc2cc3c(cc21)OCO3. The van der Waals surface area contributed by atoms with Crippen LogP contribution < -0.4 is 19.7 Å². The molecule has 0 saturated heterocycles. The van der Waals surface area contributed by atoms with Crippen LogP contribution in [0.25, 0.3) is 0 Å². The molecular weight excluding hydrogens is 220 g/mol. The van der Waals surface area contributed by atoms with Gasteiger partial charge in [0.05, 0.1) is 11.4 Å². The molecule has 0 aliphatic carbocycles. The van der Waals surface area contributed by atoms with Gasteiger partial charge in [0.2, 0.25) is 6.79 Å². The van der Waals surface area contributed by atoms with Gasteiger partial charge >= 0.3 is 0 Å². The Hall–Kier alpha value is -1.91. The summed E-state index contributed by atoms with van der Waals surface area (Å²) in [5.74, 6) is 1.43. The summed E-state index contributed by atoms with van der Waals surface area (Å²) in [5, 5.41) is 3.22. The van der Waals surface area contributed by atoms with E-state index in [-0.39, 0.29) is 12.7 Å². The van der Waals surface area contributed by atoms with Gasteiger partial charge in [-0.2, -0.15) is 0 Å². The molecular formula is C12H14N2O3. The lowest BCUT2D eigenvalue weighted by atomic mass is 9.98. The third kappa shape index (κ3) is 1.35. The second-order valence-electron chi connectivity index (χ2n) is 4.84. The van der Waals surface area contributed by atoms with Crippen LogP contribution in [0.5, 0.6) is 11.5 Å². The summed E-state index contributed by atoms with van der Waals surface area (Å²) in [6.07, 6.45) is 0. The topological polar surface area (TPSA) is 50.8 Å². The zero-order valence-corrected chi connectivity index (χ0v) is 10.0. The summed E-state index contributed by atoms with van der Waals surface area (Å²) in [6.45, 7) is 3.96. The largest absolute Gasteiger partial charge is 0.454 e.